The van der Waals surface area contributed by atoms with Crippen LogP contribution in [0.2, 0.25) is 0 Å². The van der Waals surface area contributed by atoms with Crippen molar-refractivity contribution in [1.82, 2.24) is 4.57 Å². The van der Waals surface area contributed by atoms with Crippen molar-refractivity contribution in [3.63, 3.8) is 0 Å². The molecule has 0 unspecified atom stereocenters. The van der Waals surface area contributed by atoms with Crippen molar-refractivity contribution in [2.75, 3.05) is 0 Å². The molecule has 0 saturated heterocycles. The molecule has 0 radical (unpaired) electrons. The molecule has 1 aliphatic carbocycles. The van der Waals surface area contributed by atoms with E-state index in [2.05, 4.69) is 15.9 Å². The lowest BCUT2D eigenvalue weighted by molar-refractivity contribution is -0.00662. The summed E-state index contributed by atoms with van der Waals surface area (Å²) in [6.45, 7) is 0. The van der Waals surface area contributed by atoms with Crippen LogP contribution in [0.4, 0.5) is 8.78 Å². The van der Waals surface area contributed by atoms with E-state index in [1.807, 2.05) is 0 Å². The molecular weight excluding hydrogens is 280 g/mol. The maximum absolute atomic E-state index is 12.9. The van der Waals surface area contributed by atoms with Crippen LogP contribution in [0.5, 0.6) is 0 Å². The Morgan fingerprint density at radius 3 is 2.75 bits per heavy atom. The molecule has 0 bridgehead atoms. The van der Waals surface area contributed by atoms with Gasteiger partial charge in [0, 0.05) is 35.3 Å². The molecule has 0 aromatic carbocycles. The van der Waals surface area contributed by atoms with Gasteiger partial charge < -0.3 is 0 Å². The summed E-state index contributed by atoms with van der Waals surface area (Å²) in [4.78, 5) is 11.5. The van der Waals surface area contributed by atoms with Gasteiger partial charge in [0.1, 0.15) is 0 Å². The minimum Gasteiger partial charge on any atom is -0.287 e. The van der Waals surface area contributed by atoms with Crippen LogP contribution in [-0.2, 0) is 0 Å². The molecule has 1 heterocycles. The van der Waals surface area contributed by atoms with Crippen molar-refractivity contribution in [3.8, 4) is 0 Å². The maximum Gasteiger partial charge on any atom is 0.254 e. The first-order valence-corrected chi connectivity index (χ1v) is 5.73. The second-order valence-corrected chi connectivity index (χ2v) is 4.73. The van der Waals surface area contributed by atoms with Gasteiger partial charge in [0.15, 0.2) is 0 Å². The topological polar surface area (TPSA) is 22.0 Å². The van der Waals surface area contributed by atoms with E-state index < -0.39 is 5.92 Å². The highest BCUT2D eigenvalue weighted by Gasteiger charge is 2.31. The molecule has 1 aliphatic rings. The Morgan fingerprint density at radius 1 is 1.38 bits per heavy atom. The van der Waals surface area contributed by atoms with Crippen molar-refractivity contribution in [1.29, 1.82) is 0 Å². The molecule has 5 heteroatoms. The third kappa shape index (κ3) is 2.40. The van der Waals surface area contributed by atoms with E-state index in [0.29, 0.717) is 5.70 Å². The van der Waals surface area contributed by atoms with E-state index in [4.69, 9.17) is 0 Å². The van der Waals surface area contributed by atoms with Crippen LogP contribution in [-0.4, -0.2) is 10.5 Å². The first kappa shape index (κ1) is 11.5. The summed E-state index contributed by atoms with van der Waals surface area (Å²) in [5.74, 6) is -2.63. The first-order valence-electron chi connectivity index (χ1n) is 4.93. The van der Waals surface area contributed by atoms with Crippen LogP contribution in [0.3, 0.4) is 0 Å². The van der Waals surface area contributed by atoms with Gasteiger partial charge in [-0.25, -0.2) is 8.78 Å². The highest BCUT2D eigenvalue weighted by Crippen LogP contribution is 2.33. The van der Waals surface area contributed by atoms with Crippen molar-refractivity contribution in [3.05, 3.63) is 39.2 Å². The van der Waals surface area contributed by atoms with Gasteiger partial charge in [0.2, 0.25) is 0 Å². The monoisotopic (exact) mass is 289 g/mol. The van der Waals surface area contributed by atoms with Crippen molar-refractivity contribution in [2.45, 2.75) is 25.2 Å². The van der Waals surface area contributed by atoms with Gasteiger partial charge in [-0.3, -0.25) is 9.36 Å². The lowest BCUT2D eigenvalue weighted by atomic mass is 10.0. The lowest BCUT2D eigenvalue weighted by Crippen LogP contribution is -2.24. The number of pyridine rings is 1. The zero-order valence-electron chi connectivity index (χ0n) is 8.42. The molecule has 0 atom stereocenters. The van der Waals surface area contributed by atoms with E-state index in [1.54, 1.807) is 12.3 Å². The van der Waals surface area contributed by atoms with Crippen LogP contribution < -0.4 is 5.56 Å². The van der Waals surface area contributed by atoms with Crippen molar-refractivity contribution >= 4 is 21.6 Å². The molecular formula is C11H10BrF2NO. The normalized spacial score (nSPS) is 19.3. The molecule has 2 nitrogen and oxygen atoms in total. The first-order chi connectivity index (χ1) is 7.48. The van der Waals surface area contributed by atoms with Gasteiger partial charge >= 0.3 is 0 Å². The van der Waals surface area contributed by atoms with Crippen molar-refractivity contribution < 1.29 is 8.78 Å². The van der Waals surface area contributed by atoms with Crippen LogP contribution in [0.15, 0.2) is 33.7 Å². The lowest BCUT2D eigenvalue weighted by Gasteiger charge is -2.22. The van der Waals surface area contributed by atoms with Gasteiger partial charge in [-0.1, -0.05) is 6.08 Å². The Labute approximate surface area is 99.7 Å². The molecule has 16 heavy (non-hydrogen) atoms. The number of nitrogens with zero attached hydrogens (tertiary/aromatic N) is 1. The minimum atomic E-state index is -2.63. The zero-order chi connectivity index (χ0) is 11.8. The molecule has 0 aliphatic heterocycles. The second kappa shape index (κ2) is 4.13. The summed E-state index contributed by atoms with van der Waals surface area (Å²) in [6.07, 6.45) is 2.79. The number of hydrogen-bond acceptors (Lipinski definition) is 1. The molecule has 0 N–H and O–H groups in total. The van der Waals surface area contributed by atoms with E-state index in [-0.39, 0.29) is 24.8 Å². The summed E-state index contributed by atoms with van der Waals surface area (Å²) in [7, 11) is 0. The quantitative estimate of drug-likeness (QED) is 0.778. The van der Waals surface area contributed by atoms with Crippen LogP contribution in [0.25, 0.3) is 5.70 Å². The maximum atomic E-state index is 12.9. The van der Waals surface area contributed by atoms with Crippen LogP contribution in [0.1, 0.15) is 19.3 Å². The molecule has 0 spiro atoms. The third-order valence-electron chi connectivity index (χ3n) is 2.57. The van der Waals surface area contributed by atoms with Crippen LogP contribution in [0, 0.1) is 0 Å². The molecule has 0 amide bonds. The molecule has 86 valence electrons. The van der Waals surface area contributed by atoms with Crippen molar-refractivity contribution in [2.24, 2.45) is 0 Å². The highest BCUT2D eigenvalue weighted by molar-refractivity contribution is 9.10. The minimum absolute atomic E-state index is 0.195. The Bertz CT molecular complexity index is 493. The third-order valence-corrected chi connectivity index (χ3v) is 3.04. The summed E-state index contributed by atoms with van der Waals surface area (Å²) in [5, 5.41) is 0. The average Bonchev–Trinajstić information content (AvgIpc) is 2.22. The van der Waals surface area contributed by atoms with Gasteiger partial charge in [0.05, 0.1) is 0 Å². The fraction of sp³-hybridized carbons (Fsp3) is 0.364. The standard InChI is InChI=1S/C11H10BrF2NO/c12-8-1-2-10(16)15(7-8)9-3-5-11(13,14)6-4-9/h1-3,7H,4-6H2. The SMILES string of the molecule is O=c1ccc(Br)cn1C1=CCC(F)(F)CC1. The predicted octanol–water partition coefficient (Wildman–Crippen LogP) is 3.27. The Hall–Kier alpha value is -0.970. The smallest absolute Gasteiger partial charge is 0.254 e. The van der Waals surface area contributed by atoms with Crippen LogP contribution >= 0.6 is 15.9 Å². The second-order valence-electron chi connectivity index (χ2n) is 3.81. The Balaban J connectivity index is 2.36. The molecule has 0 fully saturated rings. The largest absolute Gasteiger partial charge is 0.287 e. The average molecular weight is 290 g/mol. The zero-order valence-corrected chi connectivity index (χ0v) is 10.0. The summed E-state index contributed by atoms with van der Waals surface area (Å²) >= 11 is 3.25. The van der Waals surface area contributed by atoms with E-state index >= 15 is 0 Å². The van der Waals surface area contributed by atoms with E-state index in [9.17, 15) is 13.6 Å². The number of halogens is 3. The number of aromatic nitrogens is 1. The van der Waals surface area contributed by atoms with E-state index in [1.165, 1.54) is 16.7 Å². The fourth-order valence-electron chi connectivity index (χ4n) is 1.69. The summed E-state index contributed by atoms with van der Waals surface area (Å²) in [5.41, 5.74) is 0.455. The van der Waals surface area contributed by atoms with E-state index in [0.717, 1.165) is 4.47 Å². The predicted molar refractivity (Wildman–Crippen MR) is 61.5 cm³/mol. The molecule has 1 aromatic rings. The van der Waals surface area contributed by atoms with Gasteiger partial charge in [-0.15, -0.1) is 0 Å². The Morgan fingerprint density at radius 2 is 2.12 bits per heavy atom. The highest BCUT2D eigenvalue weighted by atomic mass is 79.9. The number of hydrogen-bond donors (Lipinski definition) is 0. The fourth-order valence-corrected chi connectivity index (χ4v) is 2.02. The summed E-state index contributed by atoms with van der Waals surface area (Å²) < 4.78 is 28.0. The Kier molecular flexibility index (Phi) is 2.97. The van der Waals surface area contributed by atoms with Gasteiger partial charge in [-0.2, -0.15) is 0 Å². The number of alkyl halides is 2. The molecule has 2 rings (SSSR count). The summed E-state index contributed by atoms with van der Waals surface area (Å²) in [6, 6.07) is 3.05. The molecule has 0 saturated carbocycles. The van der Waals surface area contributed by atoms with Gasteiger partial charge in [-0.05, 0) is 28.4 Å². The molecule has 1 aromatic heterocycles. The number of allylic oxidation sites excluding steroid dienone is 2. The van der Waals surface area contributed by atoms with Gasteiger partial charge in [0.25, 0.3) is 11.5 Å². The number of rotatable bonds is 1.